The number of rotatable bonds is 4. The minimum atomic E-state index is 0.0312. The molecule has 10 rings (SSSR count). The van der Waals surface area contributed by atoms with Crippen molar-refractivity contribution in [3.8, 4) is 33.9 Å². The summed E-state index contributed by atoms with van der Waals surface area (Å²) in [6, 6.07) is 53.8. The van der Waals surface area contributed by atoms with Crippen molar-refractivity contribution >= 4 is 54.6 Å². The molecule has 0 atom stereocenters. The molecular formula is C47H30N4O2. The molecule has 0 spiro atoms. The largest absolute Gasteiger partial charge is 0.309 e. The molecule has 0 amide bonds. The Kier molecular flexibility index (Phi) is 6.91. The van der Waals surface area contributed by atoms with Gasteiger partial charge in [-0.3, -0.25) is 9.59 Å². The first-order valence-electron chi connectivity index (χ1n) is 17.6. The number of pyridine rings is 2. The van der Waals surface area contributed by atoms with Gasteiger partial charge in [-0.25, -0.2) is 9.97 Å². The molecule has 3 heterocycles. The molecule has 0 saturated heterocycles. The van der Waals surface area contributed by atoms with E-state index in [-0.39, 0.29) is 10.9 Å². The van der Waals surface area contributed by atoms with Crippen molar-refractivity contribution in [3.05, 3.63) is 190 Å². The summed E-state index contributed by atoms with van der Waals surface area (Å²) in [7, 11) is 0. The molecule has 10 aromatic rings. The third-order valence-corrected chi connectivity index (χ3v) is 10.3. The van der Waals surface area contributed by atoms with Crippen molar-refractivity contribution in [2.45, 2.75) is 6.92 Å². The van der Waals surface area contributed by atoms with E-state index in [0.29, 0.717) is 21.5 Å². The molecule has 7 aromatic carbocycles. The second-order valence-electron chi connectivity index (χ2n) is 13.4. The molecule has 250 valence electrons. The first kappa shape index (κ1) is 30.6. The molecule has 0 aliphatic rings. The maximum absolute atomic E-state index is 13.4. The van der Waals surface area contributed by atoms with Crippen molar-refractivity contribution in [1.29, 1.82) is 0 Å². The highest BCUT2D eigenvalue weighted by molar-refractivity contribution is 5.97. The molecule has 53 heavy (non-hydrogen) atoms. The quantitative estimate of drug-likeness (QED) is 0.173. The minimum absolute atomic E-state index is 0.0312. The van der Waals surface area contributed by atoms with E-state index in [1.54, 1.807) is 0 Å². The van der Waals surface area contributed by atoms with Crippen molar-refractivity contribution in [3.63, 3.8) is 0 Å². The number of hydrogen-bond donors (Lipinski definition) is 0. The Bertz CT molecular complexity index is 3100. The Morgan fingerprint density at radius 1 is 0.396 bits per heavy atom. The van der Waals surface area contributed by atoms with Crippen LogP contribution in [0.5, 0.6) is 0 Å². The number of nitrogens with zero attached hydrogens (tertiary/aromatic N) is 4. The molecule has 0 fully saturated rings. The lowest BCUT2D eigenvalue weighted by Gasteiger charge is -2.17. The molecule has 0 unspecified atom stereocenters. The van der Waals surface area contributed by atoms with E-state index in [9.17, 15) is 9.59 Å². The number of para-hydroxylation sites is 5. The number of hydrogen-bond acceptors (Lipinski definition) is 4. The predicted molar refractivity (Wildman–Crippen MR) is 216 cm³/mol. The summed E-state index contributed by atoms with van der Waals surface area (Å²) in [5, 5.41) is 2.72. The van der Waals surface area contributed by atoms with E-state index < -0.39 is 0 Å². The first-order valence-corrected chi connectivity index (χ1v) is 17.6. The van der Waals surface area contributed by atoms with Crippen LogP contribution in [-0.4, -0.2) is 19.1 Å². The zero-order valence-corrected chi connectivity index (χ0v) is 28.7. The average molecular weight is 683 g/mol. The van der Waals surface area contributed by atoms with E-state index >= 15 is 0 Å². The first-order chi connectivity index (χ1) is 26.0. The lowest BCUT2D eigenvalue weighted by molar-refractivity contribution is 1.16. The zero-order chi connectivity index (χ0) is 35.6. The normalized spacial score (nSPS) is 11.6. The zero-order valence-electron chi connectivity index (χ0n) is 28.7. The minimum Gasteiger partial charge on any atom is -0.309 e. The van der Waals surface area contributed by atoms with Crippen LogP contribution >= 0.6 is 0 Å². The molecule has 6 heteroatoms. The van der Waals surface area contributed by atoms with Gasteiger partial charge in [-0.2, -0.15) is 0 Å². The van der Waals surface area contributed by atoms with Crippen LogP contribution in [-0.2, 0) is 0 Å². The van der Waals surface area contributed by atoms with Gasteiger partial charge in [-0.15, -0.1) is 0 Å². The van der Waals surface area contributed by atoms with Gasteiger partial charge in [0.2, 0.25) is 0 Å². The van der Waals surface area contributed by atoms with Crippen LogP contribution in [0.1, 0.15) is 5.56 Å². The van der Waals surface area contributed by atoms with E-state index in [0.717, 1.165) is 72.6 Å². The van der Waals surface area contributed by atoms with Gasteiger partial charge < -0.3 is 9.13 Å². The van der Waals surface area contributed by atoms with E-state index in [1.165, 1.54) is 0 Å². The summed E-state index contributed by atoms with van der Waals surface area (Å²) >= 11 is 0. The maximum Gasteiger partial charge on any atom is 0.197 e. The molecule has 0 aliphatic heterocycles. The van der Waals surface area contributed by atoms with Gasteiger partial charge in [-0.05, 0) is 91.3 Å². The fourth-order valence-corrected chi connectivity index (χ4v) is 7.71. The highest BCUT2D eigenvalue weighted by atomic mass is 16.1. The van der Waals surface area contributed by atoms with Crippen LogP contribution in [0.2, 0.25) is 0 Å². The molecule has 0 N–H and O–H groups in total. The summed E-state index contributed by atoms with van der Waals surface area (Å²) < 4.78 is 4.30. The SMILES string of the molecule is Cc1cccc2nc(-c3ccc(-n4c5ccccc5c(=O)c5ccccc54)cc3)c(-c3ccc(-n4c5ccccc5c(=O)c5ccccc54)cc3)nc12. The number of aromatic nitrogens is 4. The van der Waals surface area contributed by atoms with Crippen molar-refractivity contribution in [2.24, 2.45) is 0 Å². The molecule has 0 bridgehead atoms. The van der Waals surface area contributed by atoms with Crippen LogP contribution in [0.15, 0.2) is 173 Å². The molecule has 0 saturated carbocycles. The van der Waals surface area contributed by atoms with E-state index in [4.69, 9.17) is 9.97 Å². The van der Waals surface area contributed by atoms with Gasteiger partial charge in [0, 0.05) is 44.0 Å². The lowest BCUT2D eigenvalue weighted by atomic mass is 10.0. The molecule has 6 nitrogen and oxygen atoms in total. The van der Waals surface area contributed by atoms with Crippen molar-refractivity contribution in [1.82, 2.24) is 19.1 Å². The Morgan fingerprint density at radius 2 is 0.774 bits per heavy atom. The van der Waals surface area contributed by atoms with Crippen LogP contribution in [0.4, 0.5) is 0 Å². The summed E-state index contributed by atoms with van der Waals surface area (Å²) in [5.41, 5.74) is 11.5. The molecule has 3 aromatic heterocycles. The van der Waals surface area contributed by atoms with Crippen molar-refractivity contribution < 1.29 is 0 Å². The number of aryl methyl sites for hydroxylation is 1. The topological polar surface area (TPSA) is 69.8 Å². The fourth-order valence-electron chi connectivity index (χ4n) is 7.71. The van der Waals surface area contributed by atoms with Gasteiger partial charge in [0.1, 0.15) is 0 Å². The monoisotopic (exact) mass is 682 g/mol. The van der Waals surface area contributed by atoms with Crippen LogP contribution in [0.3, 0.4) is 0 Å². The smallest absolute Gasteiger partial charge is 0.197 e. The van der Waals surface area contributed by atoms with Gasteiger partial charge in [0.05, 0.1) is 44.5 Å². The summed E-state index contributed by atoms with van der Waals surface area (Å²) in [5.74, 6) is 0. The second-order valence-corrected chi connectivity index (χ2v) is 13.4. The molecule has 0 radical (unpaired) electrons. The van der Waals surface area contributed by atoms with Gasteiger partial charge >= 0.3 is 0 Å². The summed E-state index contributed by atoms with van der Waals surface area (Å²) in [6.45, 7) is 2.06. The lowest BCUT2D eigenvalue weighted by Crippen LogP contribution is -2.10. The second kappa shape index (κ2) is 12.0. The highest BCUT2D eigenvalue weighted by Gasteiger charge is 2.18. The van der Waals surface area contributed by atoms with E-state index in [1.807, 2.05) is 109 Å². The molecular weight excluding hydrogens is 653 g/mol. The third-order valence-electron chi connectivity index (χ3n) is 10.3. The highest BCUT2D eigenvalue weighted by Crippen LogP contribution is 2.34. The van der Waals surface area contributed by atoms with Crippen LogP contribution < -0.4 is 10.9 Å². The van der Waals surface area contributed by atoms with Crippen molar-refractivity contribution in [2.75, 3.05) is 0 Å². The standard InChI is InChI=1S/C47H30N4O2/c1-29-11-10-16-38-43(29)49-45(31-23-27-33(28-24-31)51-41-19-8-4-14-36(41)47(53)37-15-5-9-20-42(37)51)44(48-38)30-21-25-32(26-22-30)50-39-17-6-2-12-34(39)46(52)35-13-3-7-18-40(35)50/h2-28H,1H3. The number of fused-ring (bicyclic) bond motifs is 5. The Morgan fingerprint density at radius 3 is 1.19 bits per heavy atom. The predicted octanol–water partition coefficient (Wildman–Crippen LogP) is 10.2. The Balaban J connectivity index is 1.14. The summed E-state index contributed by atoms with van der Waals surface area (Å²) in [6.07, 6.45) is 0. The van der Waals surface area contributed by atoms with Gasteiger partial charge in [-0.1, -0.05) is 84.9 Å². The van der Waals surface area contributed by atoms with E-state index in [2.05, 4.69) is 70.7 Å². The Labute approximate surface area is 303 Å². The summed E-state index contributed by atoms with van der Waals surface area (Å²) in [4.78, 5) is 37.3. The third kappa shape index (κ3) is 4.80. The average Bonchev–Trinajstić information content (AvgIpc) is 3.21. The maximum atomic E-state index is 13.4. The molecule has 0 aliphatic carbocycles. The van der Waals surface area contributed by atoms with Crippen LogP contribution in [0.25, 0.3) is 88.5 Å². The fraction of sp³-hybridized carbons (Fsp3) is 0.0213. The Hall–Kier alpha value is -7.18. The van der Waals surface area contributed by atoms with Gasteiger partial charge in [0.15, 0.2) is 10.9 Å². The number of benzene rings is 7. The van der Waals surface area contributed by atoms with Gasteiger partial charge in [0.25, 0.3) is 0 Å². The van der Waals surface area contributed by atoms with Crippen LogP contribution in [0, 0.1) is 6.92 Å².